The van der Waals surface area contributed by atoms with Gasteiger partial charge in [-0.15, -0.1) is 11.6 Å². The van der Waals surface area contributed by atoms with Gasteiger partial charge in [0.15, 0.2) is 0 Å². The van der Waals surface area contributed by atoms with Crippen LogP contribution < -0.4 is 46.7 Å². The van der Waals surface area contributed by atoms with Crippen LogP contribution >= 0.6 is 11.6 Å². The second kappa shape index (κ2) is 33.5. The normalized spacial score (nSPS) is 13.9. The number of imidazole rings is 1. The molecule has 4 heterocycles. The summed E-state index contributed by atoms with van der Waals surface area (Å²) in [4.78, 5) is 141. The molecule has 9 N–H and O–H groups in total. The van der Waals surface area contributed by atoms with Crippen molar-refractivity contribution in [3.8, 4) is 11.5 Å². The van der Waals surface area contributed by atoms with Crippen molar-refractivity contribution >= 4 is 105 Å². The highest BCUT2D eigenvalue weighted by Crippen LogP contribution is 2.47. The largest absolute Gasteiger partial charge is 0.491 e. The summed E-state index contributed by atoms with van der Waals surface area (Å²) in [5.41, 5.74) is 9.46. The topological polar surface area (TPSA) is 374 Å². The van der Waals surface area contributed by atoms with Crippen LogP contribution in [0.5, 0.6) is 11.5 Å². The summed E-state index contributed by atoms with van der Waals surface area (Å²) in [6.07, 6.45) is 3.07. The van der Waals surface area contributed by atoms with E-state index in [9.17, 15) is 53.1 Å². The number of nitrogens with one attached hydrogen (secondary N) is 5. The zero-order chi connectivity index (χ0) is 68.3. The number of hydrogen-bond acceptors (Lipinski definition) is 18. The number of urea groups is 1. The Bertz CT molecular complexity index is 3810. The Morgan fingerprint density at radius 3 is 2.22 bits per heavy atom. The molecule has 0 saturated carbocycles. The fraction of sp³-hybridized carbons (Fsp3) is 0.369. The molecule has 0 saturated heterocycles. The number of ether oxygens (including phenoxy) is 5. The van der Waals surface area contributed by atoms with Crippen LogP contribution in [0.1, 0.15) is 70.1 Å². The van der Waals surface area contributed by atoms with E-state index in [1.54, 1.807) is 102 Å². The number of aliphatic hydroxyl groups is 2. The summed E-state index contributed by atoms with van der Waals surface area (Å²) in [6.45, 7) is 4.33. The van der Waals surface area contributed by atoms with Crippen molar-refractivity contribution in [2.45, 2.75) is 58.2 Å². The average Bonchev–Trinajstić information content (AvgIpc) is 1.63. The van der Waals surface area contributed by atoms with Gasteiger partial charge in [0.25, 0.3) is 23.6 Å². The quantitative estimate of drug-likeness (QED) is 0.0161. The number of alkyl carbamates (subject to hydrolysis) is 1. The summed E-state index contributed by atoms with van der Waals surface area (Å²) in [5.74, 6) is -3.34. The number of rotatable bonds is 31. The highest BCUT2D eigenvalue weighted by molar-refractivity contribution is 6.19. The number of nitrogens with two attached hydrogens (primary N) is 1. The first-order chi connectivity index (χ1) is 45.7. The van der Waals surface area contributed by atoms with E-state index >= 15 is 0 Å². The van der Waals surface area contributed by atoms with E-state index in [1.807, 2.05) is 25.1 Å². The Balaban J connectivity index is 0.887. The molecule has 3 atom stereocenters. The van der Waals surface area contributed by atoms with E-state index < -0.39 is 71.8 Å². The number of amides is 11. The van der Waals surface area contributed by atoms with E-state index in [2.05, 4.69) is 31.6 Å². The molecule has 0 radical (unpaired) electrons. The first-order valence-corrected chi connectivity index (χ1v) is 31.0. The maximum absolute atomic E-state index is 14.7. The Morgan fingerprint density at radius 1 is 0.800 bits per heavy atom. The van der Waals surface area contributed by atoms with Gasteiger partial charge < -0.3 is 85.3 Å². The number of halogens is 1. The zero-order valence-corrected chi connectivity index (χ0v) is 53.4. The molecule has 11 amide bonds. The van der Waals surface area contributed by atoms with E-state index in [-0.39, 0.29) is 128 Å². The van der Waals surface area contributed by atoms with Gasteiger partial charge in [0.05, 0.1) is 44.3 Å². The van der Waals surface area contributed by atoms with Crippen LogP contribution in [-0.4, -0.2) is 198 Å². The monoisotopic (exact) mass is 1330 g/mol. The number of imide groups is 1. The molecule has 0 bridgehead atoms. The molecule has 0 fully saturated rings. The van der Waals surface area contributed by atoms with Crippen LogP contribution in [-0.2, 0) is 40.0 Å². The first-order valence-electron chi connectivity index (χ1n) is 30.5. The Morgan fingerprint density at radius 2 is 1.53 bits per heavy atom. The lowest BCUT2D eigenvalue weighted by Gasteiger charge is -2.26. The minimum absolute atomic E-state index is 0.00114. The molecule has 6 aromatic rings. The predicted octanol–water partition coefficient (Wildman–Crippen LogP) is 5.03. The lowest BCUT2D eigenvalue weighted by atomic mass is 9.92. The molecule has 2 aromatic heterocycles. The number of primary amides is 1. The third-order valence-electron chi connectivity index (χ3n) is 15.4. The van der Waals surface area contributed by atoms with Gasteiger partial charge in [-0.25, -0.2) is 24.2 Å². The second-order valence-electron chi connectivity index (χ2n) is 22.4. The third kappa shape index (κ3) is 18.7. The predicted molar refractivity (Wildman–Crippen MR) is 347 cm³/mol. The first kappa shape index (κ1) is 70.5. The van der Waals surface area contributed by atoms with Gasteiger partial charge in [-0.1, -0.05) is 44.2 Å². The van der Waals surface area contributed by atoms with Gasteiger partial charge >= 0.3 is 24.3 Å². The van der Waals surface area contributed by atoms with Gasteiger partial charge in [0.2, 0.25) is 11.8 Å². The van der Waals surface area contributed by atoms with Crippen molar-refractivity contribution in [3.63, 3.8) is 0 Å². The Hall–Kier alpha value is -10.4. The molecule has 2 aliphatic heterocycles. The van der Waals surface area contributed by atoms with Crippen LogP contribution in [0.4, 0.5) is 36.2 Å². The molecular weight excluding hydrogens is 1260 g/mol. The fourth-order valence-electron chi connectivity index (χ4n) is 10.4. The highest BCUT2D eigenvalue weighted by Gasteiger charge is 2.38. The molecule has 29 nitrogen and oxygen atoms in total. The molecular formula is C65H75ClN12O17. The number of benzene rings is 4. The number of carbonyl (C=O) groups excluding carboxylic acids is 10. The van der Waals surface area contributed by atoms with Crippen LogP contribution in [0.2, 0.25) is 0 Å². The summed E-state index contributed by atoms with van der Waals surface area (Å²) >= 11 is 6.66. The molecule has 30 heteroatoms. The number of aliphatic hydroxyl groups excluding tert-OH is 2. The fourth-order valence-corrected chi connectivity index (χ4v) is 10.7. The molecule has 0 aliphatic carbocycles. The number of carbonyl (C=O) groups is 10. The van der Waals surface area contributed by atoms with E-state index in [1.165, 1.54) is 16.8 Å². The summed E-state index contributed by atoms with van der Waals surface area (Å²) < 4.78 is 29.5. The molecule has 95 heavy (non-hydrogen) atoms. The van der Waals surface area contributed by atoms with Crippen molar-refractivity contribution in [3.05, 3.63) is 137 Å². The van der Waals surface area contributed by atoms with Crippen molar-refractivity contribution in [1.82, 2.24) is 40.0 Å². The molecule has 0 spiro atoms. The second-order valence-corrected chi connectivity index (χ2v) is 22.8. The molecule has 4 aromatic carbocycles. The number of fused-ring (bicyclic) bond motifs is 4. The minimum atomic E-state index is -1.18. The minimum Gasteiger partial charge on any atom is -0.491 e. The Labute approximate surface area is 550 Å². The maximum atomic E-state index is 14.7. The van der Waals surface area contributed by atoms with Gasteiger partial charge in [0, 0.05) is 98.8 Å². The summed E-state index contributed by atoms with van der Waals surface area (Å²) in [6, 6.07) is 20.1. The van der Waals surface area contributed by atoms with E-state index in [4.69, 9.17) is 46.1 Å². The molecule has 504 valence electrons. The zero-order valence-electron chi connectivity index (χ0n) is 52.7. The van der Waals surface area contributed by atoms with Crippen LogP contribution in [0.3, 0.4) is 0 Å². The van der Waals surface area contributed by atoms with Crippen molar-refractivity contribution in [1.29, 1.82) is 0 Å². The van der Waals surface area contributed by atoms with E-state index in [0.29, 0.717) is 45.0 Å². The number of hydrogen-bond donors (Lipinski definition) is 8. The average molecular weight is 1330 g/mol. The molecule has 8 rings (SSSR count). The van der Waals surface area contributed by atoms with Gasteiger partial charge in [-0.3, -0.25) is 33.7 Å². The van der Waals surface area contributed by atoms with Crippen molar-refractivity contribution < 1.29 is 81.8 Å². The molecule has 2 aliphatic rings. The van der Waals surface area contributed by atoms with Gasteiger partial charge in [-0.2, -0.15) is 0 Å². The van der Waals surface area contributed by atoms with Gasteiger partial charge in [0.1, 0.15) is 54.7 Å². The van der Waals surface area contributed by atoms with Crippen LogP contribution in [0, 0.1) is 12.8 Å². The number of aryl methyl sites for hydroxylation is 1. The number of likely N-dealkylation sites (N-methyl/N-ethyl adjacent to an activating group) is 1. The van der Waals surface area contributed by atoms with Crippen LogP contribution in [0.25, 0.3) is 16.4 Å². The summed E-state index contributed by atoms with van der Waals surface area (Å²) in [5, 5.41) is 33.0. The highest BCUT2D eigenvalue weighted by atomic mass is 35.5. The van der Waals surface area contributed by atoms with Crippen molar-refractivity contribution in [2.24, 2.45) is 11.7 Å². The van der Waals surface area contributed by atoms with Crippen LogP contribution in [0.15, 0.2) is 109 Å². The number of anilines is 3. The molecule has 0 unspecified atom stereocenters. The number of nitrogens with zero attached hydrogens (tertiary/aromatic N) is 6. The SMILES string of the molecule is Cc1cccc2c(OC(=O)N(CCOCCO)CCN(C)C(=O)OCc3ccc(NC(=O)[C@H](CCCNC(N)=O)NC(=O)[C@@H](NC(=O)OCCN4C(=O)C=CC4=O)C(C)C)cc3)cc3c(c12)[C@H](CCl)CN3C(=O)c1cn2cc(NC(=O)c3ccc(OCCO)cc3)ccc2n1. The van der Waals surface area contributed by atoms with Gasteiger partial charge in [-0.05, 0) is 96.3 Å². The van der Waals surface area contributed by atoms with Crippen molar-refractivity contribution in [2.75, 3.05) is 107 Å². The Kier molecular flexibility index (Phi) is 24.8. The third-order valence-corrected chi connectivity index (χ3v) is 15.7. The number of alkyl halides is 1. The lowest BCUT2D eigenvalue weighted by Crippen LogP contribution is -2.54. The lowest BCUT2D eigenvalue weighted by molar-refractivity contribution is -0.137. The van der Waals surface area contributed by atoms with E-state index in [0.717, 1.165) is 33.6 Å². The standard InChI is InChI=1S/C65H75ClN12O17/c1-39(2)57(73-63(88)93-30-26-77-53(81)20-21-54(77)82)60(85)72-48(9-6-22-68-62(67)87)59(84)69-44-14-10-41(11-15-44)38-94-64(89)74(4)23-24-75(25-29-91-31-27-79)65(90)95-51-33-50-56(55-40(3)7-5-8-47(51)55)43(34-66)35-78(50)61(86)49-37-76-36-45(16-19-52(76)71-49)70-58(83)42-12-17-46(18-13-42)92-32-28-80/h5,7-8,10-21,33,36-37,39,43,48,57,79-80H,6,9,22-32,34-35,38H2,1-4H3,(H,69,84)(H,70,83)(H,72,85)(H,73,88)(H3,67,68,87)/t43-,48+,57+/m1/s1. The maximum Gasteiger partial charge on any atom is 0.415 e. The number of pyridine rings is 1. The number of aromatic nitrogens is 2. The summed E-state index contributed by atoms with van der Waals surface area (Å²) in [7, 11) is 1.48. The smallest absolute Gasteiger partial charge is 0.415 e.